The molecular formula is C25H32ClN5O2. The molecule has 176 valence electrons. The van der Waals surface area contributed by atoms with Gasteiger partial charge in [-0.15, -0.1) is 0 Å². The lowest BCUT2D eigenvalue weighted by Gasteiger charge is -2.33. The van der Waals surface area contributed by atoms with Crippen LogP contribution < -0.4 is 9.64 Å². The molecule has 1 saturated heterocycles. The zero-order valence-electron chi connectivity index (χ0n) is 19.6. The Balaban J connectivity index is 1.42. The normalized spacial score (nSPS) is 14.9. The third-order valence-corrected chi connectivity index (χ3v) is 6.04. The first-order valence-electron chi connectivity index (χ1n) is 11.5. The van der Waals surface area contributed by atoms with Crippen LogP contribution >= 0.6 is 11.6 Å². The van der Waals surface area contributed by atoms with Crippen LogP contribution in [-0.2, 0) is 17.9 Å². The predicted molar refractivity (Wildman–Crippen MR) is 131 cm³/mol. The quantitative estimate of drug-likeness (QED) is 0.474. The van der Waals surface area contributed by atoms with E-state index in [0.29, 0.717) is 43.0 Å². The fourth-order valence-corrected chi connectivity index (χ4v) is 4.14. The molecule has 0 saturated carbocycles. The predicted octanol–water partition coefficient (Wildman–Crippen LogP) is 4.08. The number of ether oxygens (including phenoxy) is 1. The van der Waals surface area contributed by atoms with Crippen LogP contribution in [0.5, 0.6) is 5.75 Å². The van der Waals surface area contributed by atoms with E-state index in [0.717, 1.165) is 36.6 Å². The summed E-state index contributed by atoms with van der Waals surface area (Å²) < 4.78 is 10.0. The number of hydrogen-bond acceptors (Lipinski definition) is 4. The number of aryl methyl sites for hydroxylation is 1. The van der Waals surface area contributed by atoms with Crippen molar-refractivity contribution in [2.75, 3.05) is 37.7 Å². The number of aromatic nitrogens is 3. The second kappa shape index (κ2) is 10.4. The lowest BCUT2D eigenvalue weighted by Crippen LogP contribution is -2.51. The van der Waals surface area contributed by atoms with E-state index in [1.54, 1.807) is 4.90 Å². The number of benzene rings is 1. The van der Waals surface area contributed by atoms with Crippen molar-refractivity contribution < 1.29 is 9.53 Å². The molecule has 3 aromatic rings. The molecule has 0 aliphatic carbocycles. The van der Waals surface area contributed by atoms with Crippen LogP contribution in [0.3, 0.4) is 0 Å². The van der Waals surface area contributed by atoms with E-state index in [1.165, 1.54) is 0 Å². The lowest BCUT2D eigenvalue weighted by molar-refractivity contribution is -0.121. The standard InChI is InChI=1S/C25H32ClN5O2/c1-19(2)18-33-23-7-6-22(26)15-21(23)16-31-20(3)14-24(27-31)30-13-12-29(17-25(30)32)11-10-28-8-4-5-9-28/h4-9,14-15,19H,10-13,16-18H2,1-3H3. The van der Waals surface area contributed by atoms with Gasteiger partial charge in [0.25, 0.3) is 0 Å². The number of piperazine rings is 1. The Morgan fingerprint density at radius 3 is 2.64 bits per heavy atom. The van der Waals surface area contributed by atoms with Crippen LogP contribution in [0.1, 0.15) is 25.1 Å². The zero-order valence-corrected chi connectivity index (χ0v) is 20.3. The molecule has 1 fully saturated rings. The fourth-order valence-electron chi connectivity index (χ4n) is 3.95. The molecule has 8 heteroatoms. The average molecular weight is 470 g/mol. The highest BCUT2D eigenvalue weighted by Gasteiger charge is 2.27. The molecule has 33 heavy (non-hydrogen) atoms. The maximum absolute atomic E-state index is 12.9. The summed E-state index contributed by atoms with van der Waals surface area (Å²) in [6.45, 7) is 11.0. The fraction of sp³-hybridized carbons (Fsp3) is 0.440. The highest BCUT2D eigenvalue weighted by Crippen LogP contribution is 2.26. The molecular weight excluding hydrogens is 438 g/mol. The van der Waals surface area contributed by atoms with E-state index in [9.17, 15) is 4.79 Å². The summed E-state index contributed by atoms with van der Waals surface area (Å²) in [6.07, 6.45) is 4.10. The Hall–Kier alpha value is -2.77. The minimum atomic E-state index is 0.0853. The van der Waals surface area contributed by atoms with Gasteiger partial charge in [-0.25, -0.2) is 0 Å². The molecule has 1 aliphatic rings. The molecule has 7 nitrogen and oxygen atoms in total. The van der Waals surface area contributed by atoms with Crippen molar-refractivity contribution in [3.05, 3.63) is 65.1 Å². The van der Waals surface area contributed by atoms with Crippen molar-refractivity contribution >= 4 is 23.3 Å². The van der Waals surface area contributed by atoms with Gasteiger partial charge in [-0.05, 0) is 43.2 Å². The van der Waals surface area contributed by atoms with Crippen molar-refractivity contribution in [3.8, 4) is 5.75 Å². The molecule has 4 rings (SSSR count). The smallest absolute Gasteiger partial charge is 0.242 e. The number of rotatable bonds is 9. The van der Waals surface area contributed by atoms with Crippen molar-refractivity contribution in [3.63, 3.8) is 0 Å². The van der Waals surface area contributed by atoms with Gasteiger partial charge in [0.05, 0.1) is 19.7 Å². The van der Waals surface area contributed by atoms with Gasteiger partial charge >= 0.3 is 0 Å². The topological polar surface area (TPSA) is 55.5 Å². The first-order valence-corrected chi connectivity index (χ1v) is 11.9. The van der Waals surface area contributed by atoms with Gasteiger partial charge in [-0.1, -0.05) is 25.4 Å². The number of anilines is 1. The largest absolute Gasteiger partial charge is 0.493 e. The average Bonchev–Trinajstić information content (AvgIpc) is 3.42. The number of amides is 1. The summed E-state index contributed by atoms with van der Waals surface area (Å²) in [7, 11) is 0. The summed E-state index contributed by atoms with van der Waals surface area (Å²) in [5.74, 6) is 2.04. The first kappa shape index (κ1) is 23.4. The molecule has 0 radical (unpaired) electrons. The third-order valence-electron chi connectivity index (χ3n) is 5.80. The molecule has 0 N–H and O–H groups in total. The maximum atomic E-state index is 12.9. The van der Waals surface area contributed by atoms with Gasteiger partial charge in [-0.3, -0.25) is 19.3 Å². The number of halogens is 1. The monoisotopic (exact) mass is 469 g/mol. The molecule has 3 heterocycles. The highest BCUT2D eigenvalue weighted by atomic mass is 35.5. The van der Waals surface area contributed by atoms with Gasteiger partial charge in [-0.2, -0.15) is 5.10 Å². The second-order valence-corrected chi connectivity index (χ2v) is 9.44. The number of nitrogens with zero attached hydrogens (tertiary/aromatic N) is 5. The second-order valence-electron chi connectivity index (χ2n) is 9.00. The van der Waals surface area contributed by atoms with E-state index in [4.69, 9.17) is 21.4 Å². The van der Waals surface area contributed by atoms with Gasteiger partial charge in [0.2, 0.25) is 5.91 Å². The number of carbonyl (C=O) groups is 1. The number of hydrogen-bond donors (Lipinski definition) is 0. The Morgan fingerprint density at radius 1 is 1.12 bits per heavy atom. The third kappa shape index (κ3) is 5.97. The highest BCUT2D eigenvalue weighted by molar-refractivity contribution is 6.30. The number of carbonyl (C=O) groups excluding carboxylic acids is 1. The lowest BCUT2D eigenvalue weighted by atomic mass is 10.2. The van der Waals surface area contributed by atoms with Crippen LogP contribution in [0, 0.1) is 12.8 Å². The van der Waals surface area contributed by atoms with Crippen LogP contribution in [0.25, 0.3) is 0 Å². The Morgan fingerprint density at radius 2 is 1.91 bits per heavy atom. The van der Waals surface area contributed by atoms with Crippen molar-refractivity contribution in [2.24, 2.45) is 5.92 Å². The molecule has 1 aliphatic heterocycles. The van der Waals surface area contributed by atoms with Crippen LogP contribution in [-0.4, -0.2) is 57.9 Å². The Kier molecular flexibility index (Phi) is 7.40. The van der Waals surface area contributed by atoms with Crippen molar-refractivity contribution in [2.45, 2.75) is 33.9 Å². The molecule has 0 atom stereocenters. The first-order chi connectivity index (χ1) is 15.9. The van der Waals surface area contributed by atoms with Gasteiger partial charge in [0.15, 0.2) is 5.82 Å². The van der Waals surface area contributed by atoms with Crippen LogP contribution in [0.4, 0.5) is 5.82 Å². The summed E-state index contributed by atoms with van der Waals surface area (Å²) in [6, 6.07) is 11.7. The minimum Gasteiger partial charge on any atom is -0.493 e. The van der Waals surface area contributed by atoms with E-state index in [1.807, 2.05) is 60.4 Å². The van der Waals surface area contributed by atoms with Crippen molar-refractivity contribution in [1.29, 1.82) is 0 Å². The van der Waals surface area contributed by atoms with Crippen LogP contribution in [0.15, 0.2) is 48.8 Å². The van der Waals surface area contributed by atoms with Crippen molar-refractivity contribution in [1.82, 2.24) is 19.2 Å². The van der Waals surface area contributed by atoms with E-state index < -0.39 is 0 Å². The van der Waals surface area contributed by atoms with E-state index in [2.05, 4.69) is 23.3 Å². The van der Waals surface area contributed by atoms with E-state index in [-0.39, 0.29) is 5.91 Å². The molecule has 1 amide bonds. The molecule has 2 aromatic heterocycles. The summed E-state index contributed by atoms with van der Waals surface area (Å²) >= 11 is 6.26. The van der Waals surface area contributed by atoms with Crippen LogP contribution in [0.2, 0.25) is 5.02 Å². The Bertz CT molecular complexity index is 1080. The Labute approximate surface area is 200 Å². The summed E-state index contributed by atoms with van der Waals surface area (Å²) in [5.41, 5.74) is 1.96. The molecule has 0 bridgehead atoms. The van der Waals surface area contributed by atoms with E-state index >= 15 is 0 Å². The SMILES string of the molecule is Cc1cc(N2CCN(CCn3cccc3)CC2=O)nn1Cc1cc(Cl)ccc1OCC(C)C. The maximum Gasteiger partial charge on any atom is 0.242 e. The van der Waals surface area contributed by atoms with Gasteiger partial charge < -0.3 is 9.30 Å². The molecule has 0 unspecified atom stereocenters. The van der Waals surface area contributed by atoms with Gasteiger partial charge in [0, 0.05) is 60.9 Å². The molecule has 0 spiro atoms. The zero-order chi connectivity index (χ0) is 23.4. The van der Waals surface area contributed by atoms with Gasteiger partial charge in [0.1, 0.15) is 5.75 Å². The molecule has 1 aromatic carbocycles. The minimum absolute atomic E-state index is 0.0853. The summed E-state index contributed by atoms with van der Waals surface area (Å²) in [5, 5.41) is 5.42. The summed E-state index contributed by atoms with van der Waals surface area (Å²) in [4.78, 5) is 16.9.